The van der Waals surface area contributed by atoms with Gasteiger partial charge in [-0.25, -0.2) is 0 Å². The molecule has 0 radical (unpaired) electrons. The number of amides is 2. The largest absolute Gasteiger partial charge is 0.351 e. The average molecular weight is 377 g/mol. The van der Waals surface area contributed by atoms with Gasteiger partial charge in [0.1, 0.15) is 5.69 Å². The highest BCUT2D eigenvalue weighted by Gasteiger charge is 2.28. The molecule has 1 N–H and O–H groups in total. The van der Waals surface area contributed by atoms with E-state index in [2.05, 4.69) is 10.1 Å². The molecule has 28 heavy (non-hydrogen) atoms. The summed E-state index contributed by atoms with van der Waals surface area (Å²) in [5, 5.41) is 5.37. The zero-order chi connectivity index (χ0) is 19.1. The van der Waals surface area contributed by atoms with Crippen molar-refractivity contribution in [2.75, 3.05) is 26.2 Å². The first-order chi connectivity index (χ1) is 13.7. The first-order valence-corrected chi connectivity index (χ1v) is 9.92. The van der Waals surface area contributed by atoms with Gasteiger partial charge in [-0.2, -0.15) is 5.10 Å². The number of aromatic nitrogens is 3. The molecule has 144 valence electrons. The number of hydrogen-bond donors (Lipinski definition) is 1. The zero-order valence-electron chi connectivity index (χ0n) is 15.7. The molecule has 1 fully saturated rings. The lowest BCUT2D eigenvalue weighted by atomic mass is 10.1. The molecule has 5 rings (SSSR count). The van der Waals surface area contributed by atoms with Gasteiger partial charge >= 0.3 is 0 Å². The van der Waals surface area contributed by atoms with Crippen LogP contribution in [0.4, 0.5) is 0 Å². The van der Waals surface area contributed by atoms with Gasteiger partial charge in [0.25, 0.3) is 11.8 Å². The predicted octanol–water partition coefficient (Wildman–Crippen LogP) is 2.30. The Labute approximate surface area is 162 Å². The number of benzene rings is 1. The quantitative estimate of drug-likeness (QED) is 0.745. The zero-order valence-corrected chi connectivity index (χ0v) is 15.7. The SMILES string of the molecule is O=C(c1cc2ccccc2[nH]1)N1CCCN(C(=O)c2cnn3c2CCC3)CC1. The summed E-state index contributed by atoms with van der Waals surface area (Å²) in [6.07, 6.45) is 4.45. The van der Waals surface area contributed by atoms with E-state index in [1.54, 1.807) is 6.20 Å². The van der Waals surface area contributed by atoms with E-state index in [9.17, 15) is 9.59 Å². The smallest absolute Gasteiger partial charge is 0.270 e. The third-order valence-corrected chi connectivity index (χ3v) is 5.79. The summed E-state index contributed by atoms with van der Waals surface area (Å²) in [5.74, 6) is 0.0417. The van der Waals surface area contributed by atoms with Gasteiger partial charge < -0.3 is 14.8 Å². The number of H-pyrrole nitrogens is 1. The van der Waals surface area contributed by atoms with Crippen LogP contribution in [0.5, 0.6) is 0 Å². The highest BCUT2D eigenvalue weighted by molar-refractivity contribution is 5.98. The van der Waals surface area contributed by atoms with E-state index in [1.807, 2.05) is 44.8 Å². The summed E-state index contributed by atoms with van der Waals surface area (Å²) in [5.41, 5.74) is 3.36. The Hall–Kier alpha value is -3.09. The second-order valence-corrected chi connectivity index (χ2v) is 7.54. The highest BCUT2D eigenvalue weighted by Crippen LogP contribution is 2.21. The van der Waals surface area contributed by atoms with Crippen LogP contribution in [-0.2, 0) is 13.0 Å². The molecule has 2 amide bonds. The standard InChI is InChI=1S/C21H23N5O2/c27-20(16-14-22-26-10-3-7-19(16)26)24-8-4-9-25(12-11-24)21(28)18-13-15-5-1-2-6-17(15)23-18/h1-2,5-6,13-14,23H,3-4,7-12H2. The second kappa shape index (κ2) is 6.82. The lowest BCUT2D eigenvalue weighted by molar-refractivity contribution is 0.0715. The number of nitrogens with one attached hydrogen (secondary N) is 1. The van der Waals surface area contributed by atoms with Crippen molar-refractivity contribution in [3.63, 3.8) is 0 Å². The number of para-hydroxylation sites is 1. The molecule has 0 unspecified atom stereocenters. The van der Waals surface area contributed by atoms with Gasteiger partial charge in [0.15, 0.2) is 0 Å². The third-order valence-electron chi connectivity index (χ3n) is 5.79. The van der Waals surface area contributed by atoms with E-state index < -0.39 is 0 Å². The van der Waals surface area contributed by atoms with Crippen molar-refractivity contribution in [2.45, 2.75) is 25.8 Å². The number of aromatic amines is 1. The van der Waals surface area contributed by atoms with E-state index >= 15 is 0 Å². The summed E-state index contributed by atoms with van der Waals surface area (Å²) >= 11 is 0. The molecule has 1 aromatic carbocycles. The maximum absolute atomic E-state index is 13.0. The van der Waals surface area contributed by atoms with Crippen molar-refractivity contribution in [3.05, 3.63) is 53.5 Å². The molecule has 4 heterocycles. The van der Waals surface area contributed by atoms with Crippen LogP contribution in [0.1, 0.15) is 39.4 Å². The molecule has 0 atom stereocenters. The topological polar surface area (TPSA) is 74.2 Å². The molecule has 0 saturated carbocycles. The van der Waals surface area contributed by atoms with Crippen LogP contribution < -0.4 is 0 Å². The molecule has 2 aliphatic rings. The lowest BCUT2D eigenvalue weighted by Gasteiger charge is -2.22. The molecule has 0 spiro atoms. The fraction of sp³-hybridized carbons (Fsp3) is 0.381. The van der Waals surface area contributed by atoms with Gasteiger partial charge in [-0.3, -0.25) is 14.3 Å². The molecule has 2 aliphatic heterocycles. The Kier molecular flexibility index (Phi) is 4.15. The molecular weight excluding hydrogens is 354 g/mol. The van der Waals surface area contributed by atoms with Crippen LogP contribution >= 0.6 is 0 Å². The predicted molar refractivity (Wildman–Crippen MR) is 105 cm³/mol. The van der Waals surface area contributed by atoms with E-state index in [0.717, 1.165) is 48.0 Å². The molecular formula is C21H23N5O2. The molecule has 1 saturated heterocycles. The maximum Gasteiger partial charge on any atom is 0.270 e. The molecule has 3 aromatic rings. The van der Waals surface area contributed by atoms with Crippen LogP contribution in [0.2, 0.25) is 0 Å². The van der Waals surface area contributed by atoms with Crippen molar-refractivity contribution in [1.29, 1.82) is 0 Å². The summed E-state index contributed by atoms with van der Waals surface area (Å²) in [6.45, 7) is 3.32. The summed E-state index contributed by atoms with van der Waals surface area (Å²) in [6, 6.07) is 9.79. The van der Waals surface area contributed by atoms with Crippen LogP contribution in [0.25, 0.3) is 10.9 Å². The van der Waals surface area contributed by atoms with E-state index in [4.69, 9.17) is 0 Å². The van der Waals surface area contributed by atoms with Gasteiger partial charge in [-0.1, -0.05) is 18.2 Å². The van der Waals surface area contributed by atoms with Gasteiger partial charge in [-0.05, 0) is 31.4 Å². The van der Waals surface area contributed by atoms with Gasteiger partial charge in [0.2, 0.25) is 0 Å². The average Bonchev–Trinajstić information content (AvgIpc) is 3.38. The number of aryl methyl sites for hydroxylation is 1. The van der Waals surface area contributed by atoms with E-state index in [-0.39, 0.29) is 11.8 Å². The number of hydrogen-bond acceptors (Lipinski definition) is 3. The van der Waals surface area contributed by atoms with Gasteiger partial charge in [0, 0.05) is 43.6 Å². The molecule has 0 bridgehead atoms. The van der Waals surface area contributed by atoms with Crippen molar-refractivity contribution >= 4 is 22.7 Å². The first-order valence-electron chi connectivity index (χ1n) is 9.92. The van der Waals surface area contributed by atoms with Crippen LogP contribution in [-0.4, -0.2) is 62.6 Å². The highest BCUT2D eigenvalue weighted by atomic mass is 16.2. The molecule has 0 aliphatic carbocycles. The first kappa shape index (κ1) is 17.0. The minimum Gasteiger partial charge on any atom is -0.351 e. The summed E-state index contributed by atoms with van der Waals surface area (Å²) in [7, 11) is 0. The fourth-order valence-electron chi connectivity index (χ4n) is 4.29. The van der Waals surface area contributed by atoms with Crippen LogP contribution in [0.3, 0.4) is 0 Å². The Bertz CT molecular complexity index is 1020. The number of carbonyl (C=O) groups excluding carboxylic acids is 2. The summed E-state index contributed by atoms with van der Waals surface area (Å²) in [4.78, 5) is 32.9. The number of carbonyl (C=O) groups is 2. The fourth-order valence-corrected chi connectivity index (χ4v) is 4.29. The van der Waals surface area contributed by atoms with Gasteiger partial charge in [0.05, 0.1) is 17.5 Å². The molecule has 2 aromatic heterocycles. The normalized spacial score (nSPS) is 17.0. The summed E-state index contributed by atoms with van der Waals surface area (Å²) < 4.78 is 1.94. The van der Waals surface area contributed by atoms with E-state index in [1.165, 1.54) is 0 Å². The monoisotopic (exact) mass is 377 g/mol. The Morgan fingerprint density at radius 3 is 2.54 bits per heavy atom. The Morgan fingerprint density at radius 1 is 0.929 bits per heavy atom. The Balaban J connectivity index is 1.29. The lowest BCUT2D eigenvalue weighted by Crippen LogP contribution is -2.37. The third kappa shape index (κ3) is 2.87. The van der Waals surface area contributed by atoms with E-state index in [0.29, 0.717) is 31.9 Å². The number of nitrogens with zero attached hydrogens (tertiary/aromatic N) is 4. The Morgan fingerprint density at radius 2 is 1.71 bits per heavy atom. The van der Waals surface area contributed by atoms with Crippen molar-refractivity contribution < 1.29 is 9.59 Å². The van der Waals surface area contributed by atoms with Gasteiger partial charge in [-0.15, -0.1) is 0 Å². The second-order valence-electron chi connectivity index (χ2n) is 7.54. The number of fused-ring (bicyclic) bond motifs is 2. The number of rotatable bonds is 2. The van der Waals surface area contributed by atoms with Crippen molar-refractivity contribution in [2.24, 2.45) is 0 Å². The maximum atomic E-state index is 13.0. The molecule has 7 nitrogen and oxygen atoms in total. The van der Waals surface area contributed by atoms with Crippen LogP contribution in [0.15, 0.2) is 36.5 Å². The van der Waals surface area contributed by atoms with Crippen LogP contribution in [0, 0.1) is 0 Å². The molecule has 7 heteroatoms. The minimum atomic E-state index is -0.00285. The van der Waals surface area contributed by atoms with Crippen molar-refractivity contribution in [3.8, 4) is 0 Å². The minimum absolute atomic E-state index is 0.00285. The van der Waals surface area contributed by atoms with Crippen molar-refractivity contribution in [1.82, 2.24) is 24.6 Å².